The van der Waals surface area contributed by atoms with Crippen molar-refractivity contribution in [1.82, 2.24) is 5.32 Å². The number of carbonyl (C=O) groups is 1. The van der Waals surface area contributed by atoms with Crippen molar-refractivity contribution in [1.29, 1.82) is 0 Å². The molecule has 25 heavy (non-hydrogen) atoms. The van der Waals surface area contributed by atoms with Crippen molar-refractivity contribution < 1.29 is 9.53 Å². The summed E-state index contributed by atoms with van der Waals surface area (Å²) in [6, 6.07) is 7.84. The summed E-state index contributed by atoms with van der Waals surface area (Å²) >= 11 is 6.06. The highest BCUT2D eigenvalue weighted by molar-refractivity contribution is 6.30. The van der Waals surface area contributed by atoms with E-state index in [1.807, 2.05) is 39.0 Å². The summed E-state index contributed by atoms with van der Waals surface area (Å²) < 4.78 is 5.70. The Labute approximate surface area is 156 Å². The molecule has 1 aromatic rings. The largest absolute Gasteiger partial charge is 0.378 e. The van der Waals surface area contributed by atoms with Crippen molar-refractivity contribution >= 4 is 17.5 Å². The second-order valence-electron chi connectivity index (χ2n) is 8.49. The highest BCUT2D eigenvalue weighted by Gasteiger charge is 2.62. The van der Waals surface area contributed by atoms with Gasteiger partial charge in [0.1, 0.15) is 5.54 Å². The molecular formula is C20H31ClN2O2. The van der Waals surface area contributed by atoms with Gasteiger partial charge in [0.25, 0.3) is 0 Å². The summed E-state index contributed by atoms with van der Waals surface area (Å²) in [5.74, 6) is -0.0902. The first-order valence-electron chi connectivity index (χ1n) is 8.95. The van der Waals surface area contributed by atoms with Crippen LogP contribution in [0.5, 0.6) is 0 Å². The minimum Gasteiger partial charge on any atom is -0.378 e. The number of nitrogens with one attached hydrogen (secondary N) is 1. The van der Waals surface area contributed by atoms with E-state index in [1.165, 1.54) is 0 Å². The number of benzene rings is 1. The number of nitrogens with two attached hydrogens (primary N) is 1. The number of amides is 1. The Bertz CT molecular complexity index is 630. The van der Waals surface area contributed by atoms with Crippen molar-refractivity contribution in [2.75, 3.05) is 13.2 Å². The maximum Gasteiger partial charge on any atom is 0.240 e. The SMILES string of the molecule is CCOC1CC(N)(C(=O)NCC(C)(C)Cc2cccc(Cl)c2)C1(C)C. The van der Waals surface area contributed by atoms with Crippen molar-refractivity contribution in [3.63, 3.8) is 0 Å². The summed E-state index contributed by atoms with van der Waals surface area (Å²) in [7, 11) is 0. The number of hydrogen-bond donors (Lipinski definition) is 2. The number of rotatable bonds is 7. The topological polar surface area (TPSA) is 64.3 Å². The molecule has 3 N–H and O–H groups in total. The predicted molar refractivity (Wildman–Crippen MR) is 103 cm³/mol. The molecule has 1 aliphatic carbocycles. The van der Waals surface area contributed by atoms with Crippen LogP contribution >= 0.6 is 11.6 Å². The summed E-state index contributed by atoms with van der Waals surface area (Å²) in [6.45, 7) is 11.4. The van der Waals surface area contributed by atoms with Crippen LogP contribution in [-0.4, -0.2) is 30.7 Å². The summed E-state index contributed by atoms with van der Waals surface area (Å²) in [5.41, 5.74) is 6.26. The van der Waals surface area contributed by atoms with Gasteiger partial charge in [-0.25, -0.2) is 0 Å². The first kappa shape index (κ1) is 20.2. The number of hydrogen-bond acceptors (Lipinski definition) is 3. The molecule has 0 heterocycles. The highest BCUT2D eigenvalue weighted by Crippen LogP contribution is 2.49. The minimum absolute atomic E-state index is 0.0349. The van der Waals surface area contributed by atoms with Crippen LogP contribution in [0.3, 0.4) is 0 Å². The van der Waals surface area contributed by atoms with E-state index in [0.29, 0.717) is 19.6 Å². The van der Waals surface area contributed by atoms with Crippen molar-refractivity contribution in [3.8, 4) is 0 Å². The Morgan fingerprint density at radius 1 is 1.44 bits per heavy atom. The molecule has 2 rings (SSSR count). The van der Waals surface area contributed by atoms with Gasteiger partial charge in [-0.05, 0) is 36.5 Å². The van der Waals surface area contributed by atoms with Crippen molar-refractivity contribution in [2.24, 2.45) is 16.6 Å². The number of carbonyl (C=O) groups excluding carboxylic acids is 1. The Hall–Kier alpha value is -1.10. The number of ether oxygens (including phenoxy) is 1. The van der Waals surface area contributed by atoms with Crippen LogP contribution in [-0.2, 0) is 16.0 Å². The van der Waals surface area contributed by atoms with E-state index in [9.17, 15) is 4.79 Å². The Kier molecular flexibility index (Phi) is 5.87. The third-order valence-corrected chi connectivity index (χ3v) is 5.77. The zero-order valence-corrected chi connectivity index (χ0v) is 16.7. The molecule has 1 saturated carbocycles. The standard InChI is InChI=1S/C20H31ClN2O2/c1-6-25-16-12-20(22,19(16,4)5)17(24)23-13-18(2,3)11-14-8-7-9-15(21)10-14/h7-10,16H,6,11-13,22H2,1-5H3,(H,23,24). The van der Waals surface area contributed by atoms with E-state index in [2.05, 4.69) is 25.2 Å². The molecule has 140 valence electrons. The predicted octanol–water partition coefficient (Wildman–Crippen LogP) is 3.56. The first-order chi connectivity index (χ1) is 11.5. The van der Waals surface area contributed by atoms with Crippen LogP contribution in [0.25, 0.3) is 0 Å². The maximum absolute atomic E-state index is 12.8. The van der Waals surface area contributed by atoms with E-state index in [0.717, 1.165) is 17.0 Å². The molecule has 2 unspecified atom stereocenters. The van der Waals surface area contributed by atoms with Gasteiger partial charge in [0, 0.05) is 30.0 Å². The molecule has 1 fully saturated rings. The zero-order valence-electron chi connectivity index (χ0n) is 16.0. The molecule has 0 radical (unpaired) electrons. The fourth-order valence-electron chi connectivity index (χ4n) is 3.56. The lowest BCUT2D eigenvalue weighted by molar-refractivity contribution is -0.170. The van der Waals surface area contributed by atoms with Crippen LogP contribution in [0.1, 0.15) is 46.6 Å². The van der Waals surface area contributed by atoms with E-state index in [4.69, 9.17) is 22.1 Å². The lowest BCUT2D eigenvalue weighted by Gasteiger charge is -2.57. The molecule has 4 nitrogen and oxygen atoms in total. The molecule has 0 bridgehead atoms. The van der Waals surface area contributed by atoms with Crippen LogP contribution < -0.4 is 11.1 Å². The van der Waals surface area contributed by atoms with E-state index >= 15 is 0 Å². The molecule has 0 aliphatic heterocycles. The molecule has 0 spiro atoms. The van der Waals surface area contributed by atoms with Gasteiger partial charge in [-0.2, -0.15) is 0 Å². The normalized spacial score (nSPS) is 25.3. The molecule has 1 aliphatic rings. The molecule has 1 amide bonds. The van der Waals surface area contributed by atoms with E-state index in [-0.39, 0.29) is 22.8 Å². The van der Waals surface area contributed by atoms with Gasteiger partial charge in [0.05, 0.1) is 6.10 Å². The summed E-state index contributed by atoms with van der Waals surface area (Å²) in [6.07, 6.45) is 1.43. The molecule has 1 aromatic carbocycles. The number of halogens is 1. The maximum atomic E-state index is 12.8. The van der Waals surface area contributed by atoms with Crippen LogP contribution in [0.2, 0.25) is 5.02 Å². The Morgan fingerprint density at radius 2 is 2.12 bits per heavy atom. The highest BCUT2D eigenvalue weighted by atomic mass is 35.5. The van der Waals surface area contributed by atoms with E-state index < -0.39 is 5.54 Å². The molecular weight excluding hydrogens is 336 g/mol. The molecule has 0 aromatic heterocycles. The van der Waals surface area contributed by atoms with Gasteiger partial charge in [-0.1, -0.05) is 51.4 Å². The second-order valence-corrected chi connectivity index (χ2v) is 8.93. The van der Waals surface area contributed by atoms with Crippen LogP contribution in [0.4, 0.5) is 0 Å². The van der Waals surface area contributed by atoms with Gasteiger partial charge in [0.2, 0.25) is 5.91 Å². The van der Waals surface area contributed by atoms with E-state index in [1.54, 1.807) is 0 Å². The fraction of sp³-hybridized carbons (Fsp3) is 0.650. The fourth-order valence-corrected chi connectivity index (χ4v) is 3.77. The van der Waals surface area contributed by atoms with Gasteiger partial charge in [-0.15, -0.1) is 0 Å². The summed E-state index contributed by atoms with van der Waals surface area (Å²) in [4.78, 5) is 12.8. The van der Waals surface area contributed by atoms with Crippen LogP contribution in [0.15, 0.2) is 24.3 Å². The lowest BCUT2D eigenvalue weighted by atomic mass is 9.54. The first-order valence-corrected chi connectivity index (χ1v) is 9.33. The third-order valence-electron chi connectivity index (χ3n) is 5.53. The average Bonchev–Trinajstić information content (AvgIpc) is 2.51. The van der Waals surface area contributed by atoms with Crippen LogP contribution in [0, 0.1) is 10.8 Å². The van der Waals surface area contributed by atoms with Crippen molar-refractivity contribution in [2.45, 2.75) is 59.1 Å². The van der Waals surface area contributed by atoms with Gasteiger partial charge in [0.15, 0.2) is 0 Å². The quantitative estimate of drug-likeness (QED) is 0.775. The average molecular weight is 367 g/mol. The zero-order chi connectivity index (χ0) is 18.9. The molecule has 5 heteroatoms. The van der Waals surface area contributed by atoms with Gasteiger partial charge < -0.3 is 15.8 Å². The molecule has 0 saturated heterocycles. The smallest absolute Gasteiger partial charge is 0.240 e. The lowest BCUT2D eigenvalue weighted by Crippen LogP contribution is -2.76. The second kappa shape index (κ2) is 7.26. The third kappa shape index (κ3) is 4.18. The Balaban J connectivity index is 1.95. The summed E-state index contributed by atoms with van der Waals surface area (Å²) in [5, 5.41) is 3.80. The van der Waals surface area contributed by atoms with Gasteiger partial charge >= 0.3 is 0 Å². The molecule has 2 atom stereocenters. The Morgan fingerprint density at radius 3 is 2.68 bits per heavy atom. The van der Waals surface area contributed by atoms with Crippen molar-refractivity contribution in [3.05, 3.63) is 34.9 Å². The van der Waals surface area contributed by atoms with Gasteiger partial charge in [-0.3, -0.25) is 4.79 Å². The minimum atomic E-state index is -0.876. The monoisotopic (exact) mass is 366 g/mol.